The summed E-state index contributed by atoms with van der Waals surface area (Å²) in [6, 6.07) is 13.1. The number of aryl methyl sites for hydroxylation is 1. The highest BCUT2D eigenvalue weighted by Crippen LogP contribution is 2.34. The molecule has 0 radical (unpaired) electrons. The second-order valence-electron chi connectivity index (χ2n) is 3.47. The van der Waals surface area contributed by atoms with E-state index in [0.717, 1.165) is 5.75 Å². The van der Waals surface area contributed by atoms with Crippen molar-refractivity contribution in [1.29, 1.82) is 0 Å². The standard InChI is InChI=1S/C13H10Cl2O/c1-9-5-7-10(8-6-9)16-12-4-2-3-11(14)13(12)15/h2-8H,1H3. The summed E-state index contributed by atoms with van der Waals surface area (Å²) in [6.45, 7) is 2.02. The normalized spacial score (nSPS) is 10.2. The van der Waals surface area contributed by atoms with Gasteiger partial charge in [0.15, 0.2) is 0 Å². The monoisotopic (exact) mass is 252 g/mol. The van der Waals surface area contributed by atoms with Gasteiger partial charge in [-0.1, -0.05) is 47.0 Å². The maximum absolute atomic E-state index is 6.02. The van der Waals surface area contributed by atoms with E-state index in [9.17, 15) is 0 Å². The van der Waals surface area contributed by atoms with Gasteiger partial charge in [0.25, 0.3) is 0 Å². The first-order chi connectivity index (χ1) is 7.66. The Kier molecular flexibility index (Phi) is 3.37. The first kappa shape index (κ1) is 11.3. The first-order valence-electron chi connectivity index (χ1n) is 4.85. The molecule has 0 N–H and O–H groups in total. The maximum Gasteiger partial charge on any atom is 0.147 e. The molecule has 2 aromatic rings. The van der Waals surface area contributed by atoms with E-state index in [1.54, 1.807) is 18.2 Å². The number of hydrogen-bond acceptors (Lipinski definition) is 1. The Bertz CT molecular complexity index is 492. The molecule has 0 unspecified atom stereocenters. The minimum absolute atomic E-state index is 0.435. The average molecular weight is 253 g/mol. The van der Waals surface area contributed by atoms with Crippen LogP contribution >= 0.6 is 23.2 Å². The molecule has 0 bridgehead atoms. The third-order valence-corrected chi connectivity index (χ3v) is 2.97. The Labute approximate surface area is 105 Å². The van der Waals surface area contributed by atoms with Gasteiger partial charge >= 0.3 is 0 Å². The molecular weight excluding hydrogens is 243 g/mol. The third kappa shape index (κ3) is 2.49. The zero-order chi connectivity index (χ0) is 11.5. The van der Waals surface area contributed by atoms with Crippen molar-refractivity contribution in [1.82, 2.24) is 0 Å². The molecule has 0 fully saturated rings. The van der Waals surface area contributed by atoms with Crippen LogP contribution in [0.15, 0.2) is 42.5 Å². The summed E-state index contributed by atoms with van der Waals surface area (Å²) in [5, 5.41) is 0.927. The molecule has 0 aromatic heterocycles. The van der Waals surface area contributed by atoms with Crippen LogP contribution in [0.5, 0.6) is 11.5 Å². The minimum Gasteiger partial charge on any atom is -0.456 e. The number of halogens is 2. The van der Waals surface area contributed by atoms with Gasteiger partial charge in [0, 0.05) is 0 Å². The number of rotatable bonds is 2. The van der Waals surface area contributed by atoms with Crippen LogP contribution in [0, 0.1) is 6.92 Å². The van der Waals surface area contributed by atoms with Crippen molar-refractivity contribution in [3.63, 3.8) is 0 Å². The van der Waals surface area contributed by atoms with Crippen molar-refractivity contribution < 1.29 is 4.74 Å². The van der Waals surface area contributed by atoms with Crippen molar-refractivity contribution in [3.8, 4) is 11.5 Å². The molecule has 0 heterocycles. The Morgan fingerprint density at radius 1 is 0.938 bits per heavy atom. The van der Waals surface area contributed by atoms with Crippen LogP contribution in [0.2, 0.25) is 10.0 Å². The van der Waals surface area contributed by atoms with Crippen LogP contribution in [-0.4, -0.2) is 0 Å². The van der Waals surface area contributed by atoms with Crippen LogP contribution < -0.4 is 4.74 Å². The van der Waals surface area contributed by atoms with E-state index in [0.29, 0.717) is 15.8 Å². The molecule has 16 heavy (non-hydrogen) atoms. The van der Waals surface area contributed by atoms with Gasteiger partial charge in [0.2, 0.25) is 0 Å². The van der Waals surface area contributed by atoms with Crippen LogP contribution in [0.4, 0.5) is 0 Å². The van der Waals surface area contributed by atoms with E-state index in [4.69, 9.17) is 27.9 Å². The average Bonchev–Trinajstić information content (AvgIpc) is 2.28. The molecule has 2 rings (SSSR count). The van der Waals surface area contributed by atoms with Crippen molar-refractivity contribution in [3.05, 3.63) is 58.1 Å². The quantitative estimate of drug-likeness (QED) is 0.723. The van der Waals surface area contributed by atoms with Crippen molar-refractivity contribution in [2.75, 3.05) is 0 Å². The topological polar surface area (TPSA) is 9.23 Å². The predicted octanol–water partition coefficient (Wildman–Crippen LogP) is 5.09. The molecule has 0 aliphatic heterocycles. The Balaban J connectivity index is 2.27. The lowest BCUT2D eigenvalue weighted by molar-refractivity contribution is 0.483. The second-order valence-corrected chi connectivity index (χ2v) is 4.25. The fourth-order valence-electron chi connectivity index (χ4n) is 1.30. The van der Waals surface area contributed by atoms with Gasteiger partial charge in [-0.2, -0.15) is 0 Å². The minimum atomic E-state index is 0.435. The van der Waals surface area contributed by atoms with Crippen LogP contribution in [0.3, 0.4) is 0 Å². The van der Waals surface area contributed by atoms with Gasteiger partial charge in [0.05, 0.1) is 5.02 Å². The van der Waals surface area contributed by atoms with Crippen LogP contribution in [0.1, 0.15) is 5.56 Å². The van der Waals surface area contributed by atoms with Crippen LogP contribution in [-0.2, 0) is 0 Å². The van der Waals surface area contributed by atoms with E-state index in [1.807, 2.05) is 31.2 Å². The Hall–Kier alpha value is -1.18. The molecular formula is C13H10Cl2O. The van der Waals surface area contributed by atoms with Gasteiger partial charge in [-0.15, -0.1) is 0 Å². The highest BCUT2D eigenvalue weighted by atomic mass is 35.5. The summed E-state index contributed by atoms with van der Waals surface area (Å²) in [6.07, 6.45) is 0. The SMILES string of the molecule is Cc1ccc(Oc2cccc(Cl)c2Cl)cc1. The highest BCUT2D eigenvalue weighted by molar-refractivity contribution is 6.42. The van der Waals surface area contributed by atoms with Gasteiger partial charge < -0.3 is 4.74 Å². The van der Waals surface area contributed by atoms with E-state index >= 15 is 0 Å². The van der Waals surface area contributed by atoms with Gasteiger partial charge in [-0.3, -0.25) is 0 Å². The summed E-state index contributed by atoms with van der Waals surface area (Å²) in [4.78, 5) is 0. The van der Waals surface area contributed by atoms with Gasteiger partial charge in [-0.05, 0) is 31.2 Å². The fraction of sp³-hybridized carbons (Fsp3) is 0.0769. The lowest BCUT2D eigenvalue weighted by Crippen LogP contribution is -1.85. The largest absolute Gasteiger partial charge is 0.456 e. The number of ether oxygens (including phenoxy) is 1. The molecule has 0 saturated heterocycles. The second kappa shape index (κ2) is 4.77. The van der Waals surface area contributed by atoms with Crippen molar-refractivity contribution >= 4 is 23.2 Å². The maximum atomic E-state index is 6.02. The van der Waals surface area contributed by atoms with E-state index < -0.39 is 0 Å². The van der Waals surface area contributed by atoms with Gasteiger partial charge in [-0.25, -0.2) is 0 Å². The number of hydrogen-bond donors (Lipinski definition) is 0. The molecule has 0 aliphatic rings. The molecule has 3 heteroatoms. The molecule has 1 nitrogen and oxygen atoms in total. The Morgan fingerprint density at radius 2 is 1.62 bits per heavy atom. The Morgan fingerprint density at radius 3 is 2.31 bits per heavy atom. The van der Waals surface area contributed by atoms with Crippen molar-refractivity contribution in [2.24, 2.45) is 0 Å². The smallest absolute Gasteiger partial charge is 0.147 e. The summed E-state index contributed by atoms with van der Waals surface area (Å²) >= 11 is 11.9. The van der Waals surface area contributed by atoms with Gasteiger partial charge in [0.1, 0.15) is 16.5 Å². The molecule has 0 spiro atoms. The van der Waals surface area contributed by atoms with E-state index in [2.05, 4.69) is 0 Å². The predicted molar refractivity (Wildman–Crippen MR) is 67.7 cm³/mol. The lowest BCUT2D eigenvalue weighted by Gasteiger charge is -2.08. The molecule has 0 aliphatic carbocycles. The van der Waals surface area contributed by atoms with Crippen molar-refractivity contribution in [2.45, 2.75) is 6.92 Å². The zero-order valence-corrected chi connectivity index (χ0v) is 10.2. The summed E-state index contributed by atoms with van der Waals surface area (Å²) in [7, 11) is 0. The fourth-order valence-corrected chi connectivity index (χ4v) is 1.63. The zero-order valence-electron chi connectivity index (χ0n) is 8.71. The molecule has 0 atom stereocenters. The number of benzene rings is 2. The summed E-state index contributed by atoms with van der Waals surface area (Å²) < 4.78 is 5.63. The van der Waals surface area contributed by atoms with E-state index in [1.165, 1.54) is 5.56 Å². The molecule has 82 valence electrons. The summed E-state index contributed by atoms with van der Waals surface area (Å²) in [5.74, 6) is 1.31. The molecule has 0 saturated carbocycles. The molecule has 2 aromatic carbocycles. The highest BCUT2D eigenvalue weighted by Gasteiger charge is 2.05. The third-order valence-electron chi connectivity index (χ3n) is 2.16. The molecule has 0 amide bonds. The van der Waals surface area contributed by atoms with E-state index in [-0.39, 0.29) is 0 Å². The lowest BCUT2D eigenvalue weighted by atomic mass is 10.2. The summed E-state index contributed by atoms with van der Waals surface area (Å²) in [5.41, 5.74) is 1.18. The first-order valence-corrected chi connectivity index (χ1v) is 5.61. The van der Waals surface area contributed by atoms with Crippen LogP contribution in [0.25, 0.3) is 0 Å².